The number of hydrogen-bond acceptors (Lipinski definition) is 5. The molecule has 2 aromatic rings. The van der Waals surface area contributed by atoms with Crippen LogP contribution in [0, 0.1) is 6.92 Å². The molecule has 0 saturated carbocycles. The molecule has 0 atom stereocenters. The van der Waals surface area contributed by atoms with Crippen molar-refractivity contribution >= 4 is 17.6 Å². The van der Waals surface area contributed by atoms with Crippen molar-refractivity contribution in [2.45, 2.75) is 19.9 Å². The van der Waals surface area contributed by atoms with Gasteiger partial charge in [0.2, 0.25) is 0 Å². The van der Waals surface area contributed by atoms with E-state index in [1.807, 2.05) is 38.2 Å². The van der Waals surface area contributed by atoms with Gasteiger partial charge in [-0.2, -0.15) is 0 Å². The van der Waals surface area contributed by atoms with Gasteiger partial charge in [0.05, 0.1) is 12.8 Å². The lowest BCUT2D eigenvalue weighted by atomic mass is 10.1. The normalized spacial score (nSPS) is 15.7. The Balaban J connectivity index is 1.44. The SMILES string of the molecule is CN=C(NCCc1ccc(OC)cc1Cl)N1CCN(Cc2cc(C)on2)CC1. The first-order chi connectivity index (χ1) is 13.6. The van der Waals surface area contributed by atoms with Crippen LogP contribution in [-0.4, -0.2) is 67.8 Å². The first-order valence-corrected chi connectivity index (χ1v) is 9.89. The quantitative estimate of drug-likeness (QED) is 0.588. The summed E-state index contributed by atoms with van der Waals surface area (Å²) < 4.78 is 10.4. The molecule has 0 spiro atoms. The predicted molar refractivity (Wildman–Crippen MR) is 111 cm³/mol. The van der Waals surface area contributed by atoms with E-state index in [0.717, 1.165) is 79.4 Å². The molecule has 0 radical (unpaired) electrons. The average molecular weight is 406 g/mol. The van der Waals surface area contributed by atoms with Crippen molar-refractivity contribution in [1.29, 1.82) is 0 Å². The lowest BCUT2D eigenvalue weighted by molar-refractivity contribution is 0.169. The number of piperazine rings is 1. The van der Waals surface area contributed by atoms with E-state index < -0.39 is 0 Å². The molecule has 1 aliphatic heterocycles. The fourth-order valence-corrected chi connectivity index (χ4v) is 3.60. The van der Waals surface area contributed by atoms with Gasteiger partial charge in [-0.25, -0.2) is 0 Å². The summed E-state index contributed by atoms with van der Waals surface area (Å²) in [6.07, 6.45) is 0.827. The van der Waals surface area contributed by atoms with Gasteiger partial charge in [0, 0.05) is 57.4 Å². The molecule has 1 aliphatic rings. The van der Waals surface area contributed by atoms with Gasteiger partial charge >= 0.3 is 0 Å². The summed E-state index contributed by atoms with van der Waals surface area (Å²) in [5.74, 6) is 2.56. The highest BCUT2D eigenvalue weighted by Gasteiger charge is 2.20. The summed E-state index contributed by atoms with van der Waals surface area (Å²) >= 11 is 6.32. The summed E-state index contributed by atoms with van der Waals surface area (Å²) in [6.45, 7) is 7.32. The summed E-state index contributed by atoms with van der Waals surface area (Å²) in [7, 11) is 3.47. The molecule has 0 aliphatic carbocycles. The Morgan fingerprint density at radius 3 is 2.68 bits per heavy atom. The number of ether oxygens (including phenoxy) is 1. The van der Waals surface area contributed by atoms with Crippen LogP contribution < -0.4 is 10.1 Å². The summed E-state index contributed by atoms with van der Waals surface area (Å²) in [4.78, 5) is 9.12. The van der Waals surface area contributed by atoms with Crippen LogP contribution in [0.5, 0.6) is 5.75 Å². The molecule has 8 heteroatoms. The van der Waals surface area contributed by atoms with Gasteiger partial charge < -0.3 is 19.5 Å². The minimum absolute atomic E-state index is 0.729. The van der Waals surface area contributed by atoms with E-state index in [2.05, 4.69) is 25.3 Å². The van der Waals surface area contributed by atoms with E-state index in [4.69, 9.17) is 20.9 Å². The highest BCUT2D eigenvalue weighted by molar-refractivity contribution is 6.31. The monoisotopic (exact) mass is 405 g/mol. The minimum atomic E-state index is 0.729. The Kier molecular flexibility index (Phi) is 7.17. The molecule has 1 fully saturated rings. The first-order valence-electron chi connectivity index (χ1n) is 9.51. The molecule has 28 heavy (non-hydrogen) atoms. The van der Waals surface area contributed by atoms with Crippen molar-refractivity contribution in [1.82, 2.24) is 20.3 Å². The number of aryl methyl sites for hydroxylation is 1. The Morgan fingerprint density at radius 1 is 1.29 bits per heavy atom. The highest BCUT2D eigenvalue weighted by Crippen LogP contribution is 2.22. The van der Waals surface area contributed by atoms with Gasteiger partial charge in [0.25, 0.3) is 0 Å². The van der Waals surface area contributed by atoms with Gasteiger partial charge in [-0.1, -0.05) is 22.8 Å². The second kappa shape index (κ2) is 9.80. The summed E-state index contributed by atoms with van der Waals surface area (Å²) in [5.41, 5.74) is 2.09. The number of aliphatic imine (C=N–C) groups is 1. The average Bonchev–Trinajstić information content (AvgIpc) is 3.11. The van der Waals surface area contributed by atoms with E-state index in [1.165, 1.54) is 0 Å². The van der Waals surface area contributed by atoms with Gasteiger partial charge in [-0.15, -0.1) is 0 Å². The molecule has 1 N–H and O–H groups in total. The smallest absolute Gasteiger partial charge is 0.193 e. The predicted octanol–water partition coefficient (Wildman–Crippen LogP) is 2.58. The standard InChI is InChI=1S/C20H28ClN5O2/c1-15-12-17(24-28-15)14-25-8-10-26(11-9-25)20(22-2)23-7-6-16-4-5-18(27-3)13-19(16)21/h4-5,12-13H,6-11,14H2,1-3H3,(H,22,23). The summed E-state index contributed by atoms with van der Waals surface area (Å²) in [6, 6.07) is 7.79. The second-order valence-electron chi connectivity index (χ2n) is 6.87. The zero-order valence-electron chi connectivity index (χ0n) is 16.7. The maximum absolute atomic E-state index is 6.32. The van der Waals surface area contributed by atoms with Crippen molar-refractivity contribution in [3.05, 3.63) is 46.3 Å². The number of halogens is 1. The minimum Gasteiger partial charge on any atom is -0.497 e. The number of hydrogen-bond donors (Lipinski definition) is 1. The highest BCUT2D eigenvalue weighted by atomic mass is 35.5. The third-order valence-electron chi connectivity index (χ3n) is 4.88. The van der Waals surface area contributed by atoms with Crippen molar-refractivity contribution in [2.75, 3.05) is 46.9 Å². The van der Waals surface area contributed by atoms with E-state index in [9.17, 15) is 0 Å². The molecular weight excluding hydrogens is 378 g/mol. The molecule has 7 nitrogen and oxygen atoms in total. The Labute approximate surface area is 171 Å². The molecule has 0 amide bonds. The molecule has 3 rings (SSSR count). The van der Waals surface area contributed by atoms with Gasteiger partial charge in [-0.05, 0) is 31.0 Å². The van der Waals surface area contributed by atoms with Gasteiger partial charge in [0.15, 0.2) is 5.96 Å². The lowest BCUT2D eigenvalue weighted by Gasteiger charge is -2.36. The zero-order valence-corrected chi connectivity index (χ0v) is 17.5. The van der Waals surface area contributed by atoms with Crippen LogP contribution in [0.1, 0.15) is 17.0 Å². The number of nitrogens with one attached hydrogen (secondary N) is 1. The largest absolute Gasteiger partial charge is 0.497 e. The van der Waals surface area contributed by atoms with Crippen LogP contribution in [0.4, 0.5) is 0 Å². The van der Waals surface area contributed by atoms with E-state index in [-0.39, 0.29) is 0 Å². The third kappa shape index (κ3) is 5.39. The fourth-order valence-electron chi connectivity index (χ4n) is 3.34. The topological polar surface area (TPSA) is 66.1 Å². The van der Waals surface area contributed by atoms with E-state index in [0.29, 0.717) is 0 Å². The number of rotatable bonds is 6. The number of guanidine groups is 1. The van der Waals surface area contributed by atoms with E-state index in [1.54, 1.807) is 7.11 Å². The van der Waals surface area contributed by atoms with Crippen molar-refractivity contribution in [3.63, 3.8) is 0 Å². The van der Waals surface area contributed by atoms with Crippen LogP contribution in [0.25, 0.3) is 0 Å². The maximum atomic E-state index is 6.32. The van der Waals surface area contributed by atoms with Crippen LogP contribution in [0.15, 0.2) is 33.8 Å². The molecular formula is C20H28ClN5O2. The zero-order chi connectivity index (χ0) is 19.9. The van der Waals surface area contributed by atoms with Crippen LogP contribution in [-0.2, 0) is 13.0 Å². The number of methoxy groups -OCH3 is 1. The third-order valence-corrected chi connectivity index (χ3v) is 5.24. The fraction of sp³-hybridized carbons (Fsp3) is 0.500. The molecule has 1 aromatic carbocycles. The molecule has 0 unspecified atom stereocenters. The Bertz CT molecular complexity index is 800. The van der Waals surface area contributed by atoms with Crippen LogP contribution in [0.3, 0.4) is 0 Å². The molecule has 152 valence electrons. The molecule has 1 aromatic heterocycles. The van der Waals surface area contributed by atoms with Crippen molar-refractivity contribution < 1.29 is 9.26 Å². The Morgan fingerprint density at radius 2 is 2.07 bits per heavy atom. The van der Waals surface area contributed by atoms with Crippen LogP contribution in [0.2, 0.25) is 5.02 Å². The van der Waals surface area contributed by atoms with Crippen LogP contribution >= 0.6 is 11.6 Å². The maximum Gasteiger partial charge on any atom is 0.193 e. The molecule has 2 heterocycles. The second-order valence-corrected chi connectivity index (χ2v) is 7.28. The first kappa shape index (κ1) is 20.5. The molecule has 0 bridgehead atoms. The van der Waals surface area contributed by atoms with Gasteiger partial charge in [0.1, 0.15) is 11.5 Å². The van der Waals surface area contributed by atoms with Gasteiger partial charge in [-0.3, -0.25) is 9.89 Å². The van der Waals surface area contributed by atoms with Crippen molar-refractivity contribution in [3.8, 4) is 5.75 Å². The number of nitrogens with zero attached hydrogens (tertiary/aromatic N) is 4. The Hall–Kier alpha value is -2.25. The van der Waals surface area contributed by atoms with E-state index >= 15 is 0 Å². The lowest BCUT2D eigenvalue weighted by Crippen LogP contribution is -2.52. The number of benzene rings is 1. The number of aromatic nitrogens is 1. The summed E-state index contributed by atoms with van der Waals surface area (Å²) in [5, 5.41) is 8.26. The molecule has 1 saturated heterocycles. The van der Waals surface area contributed by atoms with Crippen molar-refractivity contribution in [2.24, 2.45) is 4.99 Å².